The largest absolute Gasteiger partial charge is 0.490 e. The summed E-state index contributed by atoms with van der Waals surface area (Å²) < 4.78 is 19.1. The van der Waals surface area contributed by atoms with Crippen molar-refractivity contribution in [2.75, 3.05) is 11.9 Å². The summed E-state index contributed by atoms with van der Waals surface area (Å²) in [4.78, 5) is 28.1. The molecule has 184 valence electrons. The van der Waals surface area contributed by atoms with Gasteiger partial charge in [0.25, 0.3) is 0 Å². The topological polar surface area (TPSA) is 86.2 Å². The predicted octanol–water partition coefficient (Wildman–Crippen LogP) is 6.33. The monoisotopic (exact) mass is 660 g/mol. The zero-order chi connectivity index (χ0) is 25.7. The molecule has 7 nitrogen and oxygen atoms in total. The summed E-state index contributed by atoms with van der Waals surface area (Å²) >= 11 is 5.74. The minimum Gasteiger partial charge on any atom is -0.490 e. The Morgan fingerprint density at radius 3 is 2.58 bits per heavy atom. The van der Waals surface area contributed by atoms with Crippen molar-refractivity contribution in [3.63, 3.8) is 0 Å². The molecule has 0 aliphatic carbocycles. The van der Waals surface area contributed by atoms with Crippen LogP contribution >= 0.6 is 38.5 Å². The molecule has 1 aliphatic heterocycles. The van der Waals surface area contributed by atoms with E-state index in [1.807, 2.05) is 43.3 Å². The first-order valence-corrected chi connectivity index (χ1v) is 12.9. The molecule has 0 fully saturated rings. The van der Waals surface area contributed by atoms with Crippen LogP contribution in [-0.2, 0) is 20.9 Å². The van der Waals surface area contributed by atoms with Crippen molar-refractivity contribution in [1.29, 1.82) is 0 Å². The number of carbonyl (C=O) groups is 2. The van der Waals surface area contributed by atoms with Gasteiger partial charge in [0.2, 0.25) is 11.8 Å². The van der Waals surface area contributed by atoms with Crippen LogP contribution in [0, 0.1) is 3.57 Å². The molecule has 3 aromatic carbocycles. The Morgan fingerprint density at radius 2 is 1.89 bits per heavy atom. The number of esters is 1. The lowest BCUT2D eigenvalue weighted by Gasteiger charge is -2.15. The number of hydrogen-bond acceptors (Lipinski definition) is 6. The Kier molecular flexibility index (Phi) is 8.42. The summed E-state index contributed by atoms with van der Waals surface area (Å²) in [5.41, 5.74) is 3.20. The first-order chi connectivity index (χ1) is 17.3. The summed E-state index contributed by atoms with van der Waals surface area (Å²) in [5.74, 6) is 0.704. The van der Waals surface area contributed by atoms with Gasteiger partial charge in [0.1, 0.15) is 6.61 Å². The van der Waals surface area contributed by atoms with Gasteiger partial charge >= 0.3 is 5.97 Å². The Hall–Kier alpha value is -3.18. The molecule has 0 bridgehead atoms. The lowest BCUT2D eigenvalue weighted by molar-refractivity contribution is -0.129. The van der Waals surface area contributed by atoms with Gasteiger partial charge in [-0.15, -0.1) is 0 Å². The van der Waals surface area contributed by atoms with E-state index in [0.29, 0.717) is 36.0 Å². The van der Waals surface area contributed by atoms with Crippen molar-refractivity contribution in [3.8, 4) is 11.5 Å². The quantitative estimate of drug-likeness (QED) is 0.173. The van der Waals surface area contributed by atoms with Gasteiger partial charge in [-0.3, -0.25) is 4.79 Å². The molecule has 1 heterocycles. The van der Waals surface area contributed by atoms with E-state index in [1.165, 1.54) is 6.92 Å². The van der Waals surface area contributed by atoms with Gasteiger partial charge < -0.3 is 19.5 Å². The Labute approximate surface area is 230 Å². The second-order valence-corrected chi connectivity index (χ2v) is 9.75. The van der Waals surface area contributed by atoms with E-state index >= 15 is 0 Å². The molecule has 0 atom stereocenters. The Balaban J connectivity index is 1.58. The maximum atomic E-state index is 12.5. The zero-order valence-electron chi connectivity index (χ0n) is 19.5. The second-order valence-electron chi connectivity index (χ2n) is 7.74. The molecular weight excluding hydrogens is 639 g/mol. The number of halogens is 2. The molecule has 36 heavy (non-hydrogen) atoms. The third kappa shape index (κ3) is 6.33. The number of nitrogens with one attached hydrogen (secondary N) is 1. The lowest BCUT2D eigenvalue weighted by atomic mass is 10.1. The van der Waals surface area contributed by atoms with E-state index in [0.717, 1.165) is 19.2 Å². The molecule has 4 rings (SSSR count). The summed E-state index contributed by atoms with van der Waals surface area (Å²) in [6, 6.07) is 18.5. The summed E-state index contributed by atoms with van der Waals surface area (Å²) in [6.45, 7) is 4.17. The van der Waals surface area contributed by atoms with Gasteiger partial charge in [0, 0.05) is 28.2 Å². The number of ether oxygens (including phenoxy) is 3. The molecule has 0 unspecified atom stereocenters. The van der Waals surface area contributed by atoms with E-state index in [4.69, 9.17) is 14.2 Å². The Morgan fingerprint density at radius 1 is 1.14 bits per heavy atom. The molecule has 0 saturated carbocycles. The molecule has 0 radical (unpaired) electrons. The fraction of sp³-hybridized carbons (Fsp3) is 0.148. The van der Waals surface area contributed by atoms with Crippen LogP contribution in [0.3, 0.4) is 0 Å². The summed E-state index contributed by atoms with van der Waals surface area (Å²) in [5, 5.41) is 2.70. The van der Waals surface area contributed by atoms with E-state index < -0.39 is 5.97 Å². The smallest absolute Gasteiger partial charge is 0.363 e. The third-order valence-electron chi connectivity index (χ3n) is 5.04. The van der Waals surface area contributed by atoms with E-state index in [2.05, 4.69) is 48.8 Å². The fourth-order valence-corrected chi connectivity index (χ4v) is 4.61. The van der Waals surface area contributed by atoms with Crippen LogP contribution in [0.5, 0.6) is 11.5 Å². The Bertz CT molecular complexity index is 1370. The average Bonchev–Trinajstić information content (AvgIpc) is 3.20. The van der Waals surface area contributed by atoms with Crippen LogP contribution in [-0.4, -0.2) is 24.4 Å². The normalized spacial score (nSPS) is 13.8. The number of aliphatic imine (C=N–C) groups is 1. The number of hydrogen-bond donors (Lipinski definition) is 1. The van der Waals surface area contributed by atoms with Crippen LogP contribution in [0.25, 0.3) is 6.08 Å². The molecule has 1 N–H and O–H groups in total. The van der Waals surface area contributed by atoms with E-state index in [-0.39, 0.29) is 17.5 Å². The zero-order valence-corrected chi connectivity index (χ0v) is 23.3. The third-order valence-corrected chi connectivity index (χ3v) is 6.61. The molecule has 9 heteroatoms. The van der Waals surface area contributed by atoms with Crippen LogP contribution < -0.4 is 14.8 Å². The second kappa shape index (κ2) is 11.7. The fourth-order valence-electron chi connectivity index (χ4n) is 3.43. The number of benzene rings is 3. The van der Waals surface area contributed by atoms with Crippen molar-refractivity contribution < 1.29 is 23.8 Å². The van der Waals surface area contributed by atoms with E-state index in [1.54, 1.807) is 30.3 Å². The maximum absolute atomic E-state index is 12.5. The van der Waals surface area contributed by atoms with Crippen molar-refractivity contribution in [2.24, 2.45) is 4.99 Å². The number of rotatable bonds is 8. The molecule has 1 amide bonds. The number of anilines is 1. The van der Waals surface area contributed by atoms with Gasteiger partial charge in [-0.1, -0.05) is 34.1 Å². The van der Waals surface area contributed by atoms with Crippen molar-refractivity contribution in [1.82, 2.24) is 0 Å². The molecule has 0 aromatic heterocycles. The van der Waals surface area contributed by atoms with Crippen LogP contribution in [0.2, 0.25) is 0 Å². The molecule has 0 saturated heterocycles. The highest BCUT2D eigenvalue weighted by molar-refractivity contribution is 14.1. The van der Waals surface area contributed by atoms with Gasteiger partial charge in [0.15, 0.2) is 17.2 Å². The maximum Gasteiger partial charge on any atom is 0.363 e. The predicted molar refractivity (Wildman–Crippen MR) is 150 cm³/mol. The van der Waals surface area contributed by atoms with E-state index in [9.17, 15) is 9.59 Å². The van der Waals surface area contributed by atoms with Crippen LogP contribution in [0.1, 0.15) is 30.5 Å². The minimum absolute atomic E-state index is 0.164. The first-order valence-electron chi connectivity index (χ1n) is 11.1. The number of nitrogens with zero attached hydrogens (tertiary/aromatic N) is 1. The van der Waals surface area contributed by atoms with Crippen molar-refractivity contribution in [2.45, 2.75) is 20.5 Å². The van der Waals surface area contributed by atoms with Crippen LogP contribution in [0.15, 0.2) is 75.8 Å². The summed E-state index contributed by atoms with van der Waals surface area (Å²) in [7, 11) is 0. The van der Waals surface area contributed by atoms with Crippen molar-refractivity contribution in [3.05, 3.63) is 91.1 Å². The van der Waals surface area contributed by atoms with Crippen LogP contribution in [0.4, 0.5) is 5.69 Å². The number of cyclic esters (lactones) is 1. The van der Waals surface area contributed by atoms with Gasteiger partial charge in [-0.25, -0.2) is 9.79 Å². The molecule has 1 aliphatic rings. The highest BCUT2D eigenvalue weighted by Crippen LogP contribution is 2.36. The summed E-state index contributed by atoms with van der Waals surface area (Å²) in [6.07, 6.45) is 1.66. The van der Waals surface area contributed by atoms with Gasteiger partial charge in [-0.05, 0) is 83.6 Å². The lowest BCUT2D eigenvalue weighted by Crippen LogP contribution is -2.07. The number of carbonyl (C=O) groups excluding carboxylic acids is 2. The van der Waals surface area contributed by atoms with Gasteiger partial charge in [-0.2, -0.15) is 0 Å². The SMILES string of the molecule is CCOc1cc(/C=C2\N=C(c3ccc(NC(C)=O)cc3)OC2=O)cc(I)c1OCc1ccccc1Br. The van der Waals surface area contributed by atoms with Gasteiger partial charge in [0.05, 0.1) is 10.2 Å². The van der Waals surface area contributed by atoms with Crippen molar-refractivity contribution >= 4 is 68.1 Å². The highest BCUT2D eigenvalue weighted by Gasteiger charge is 2.24. The molecular formula is C27H22BrIN2O5. The number of amides is 1. The first kappa shape index (κ1) is 25.9. The molecule has 3 aromatic rings. The minimum atomic E-state index is -0.543. The standard InChI is InChI=1S/C27H22BrIN2O5/c1-3-34-24-14-17(12-22(29)25(24)35-15-19-6-4-5-7-21(19)28)13-23-27(33)36-26(31-23)18-8-10-20(11-9-18)30-16(2)32/h4-14H,3,15H2,1-2H3,(H,30,32)/b23-13-. The highest BCUT2D eigenvalue weighted by atomic mass is 127. The average molecular weight is 661 g/mol. The molecule has 0 spiro atoms.